The third-order valence-corrected chi connectivity index (χ3v) is 5.80. The number of aromatic nitrogens is 2. The van der Waals surface area contributed by atoms with Crippen molar-refractivity contribution in [1.82, 2.24) is 20.4 Å². The lowest BCUT2D eigenvalue weighted by Crippen LogP contribution is -2.36. The molecule has 2 aliphatic heterocycles. The Morgan fingerprint density at radius 1 is 1.20 bits per heavy atom. The Morgan fingerprint density at radius 3 is 2.77 bits per heavy atom. The van der Waals surface area contributed by atoms with Crippen LogP contribution in [0, 0.1) is 5.92 Å². The van der Waals surface area contributed by atoms with Gasteiger partial charge < -0.3 is 24.4 Å². The average Bonchev–Trinajstić information content (AvgIpc) is 3.28. The fraction of sp³-hybridized carbons (Fsp3) is 0.591. The smallest absolute Gasteiger partial charge is 0.316 e. The molecule has 1 aromatic carbocycles. The van der Waals surface area contributed by atoms with Crippen LogP contribution in [0.3, 0.4) is 0 Å². The number of piperidine rings is 1. The molecular formula is C22H31N5O3. The minimum atomic E-state index is -0.314. The monoisotopic (exact) mass is 413 g/mol. The third kappa shape index (κ3) is 5.37. The molecule has 0 saturated carbocycles. The van der Waals surface area contributed by atoms with Gasteiger partial charge in [-0.25, -0.2) is 0 Å². The van der Waals surface area contributed by atoms with Gasteiger partial charge in [0.2, 0.25) is 5.82 Å². The van der Waals surface area contributed by atoms with Crippen molar-refractivity contribution in [3.05, 3.63) is 30.2 Å². The van der Waals surface area contributed by atoms with Gasteiger partial charge in [-0.1, -0.05) is 12.1 Å². The highest BCUT2D eigenvalue weighted by Crippen LogP contribution is 2.22. The molecule has 162 valence electrons. The van der Waals surface area contributed by atoms with Crippen LogP contribution < -0.4 is 10.2 Å². The van der Waals surface area contributed by atoms with Crippen LogP contribution in [0.15, 0.2) is 28.8 Å². The predicted molar refractivity (Wildman–Crippen MR) is 115 cm³/mol. The van der Waals surface area contributed by atoms with Crippen molar-refractivity contribution in [2.75, 3.05) is 57.4 Å². The van der Waals surface area contributed by atoms with E-state index in [2.05, 4.69) is 32.2 Å². The van der Waals surface area contributed by atoms with Gasteiger partial charge >= 0.3 is 11.8 Å². The molecule has 2 aliphatic rings. The lowest BCUT2D eigenvalue weighted by molar-refractivity contribution is 0.0906. The topological polar surface area (TPSA) is 83.7 Å². The molecule has 1 amide bonds. The maximum Gasteiger partial charge on any atom is 0.316 e. The van der Waals surface area contributed by atoms with E-state index in [-0.39, 0.29) is 11.8 Å². The van der Waals surface area contributed by atoms with Gasteiger partial charge in [-0.15, -0.1) is 0 Å². The van der Waals surface area contributed by atoms with Crippen LogP contribution >= 0.6 is 0 Å². The van der Waals surface area contributed by atoms with Crippen molar-refractivity contribution in [2.24, 2.45) is 5.92 Å². The number of nitrogens with zero attached hydrogens (tertiary/aromatic N) is 4. The molecule has 0 spiro atoms. The number of nitrogens with one attached hydrogen (secondary N) is 1. The summed E-state index contributed by atoms with van der Waals surface area (Å²) in [4.78, 5) is 21.3. The first-order valence-corrected chi connectivity index (χ1v) is 11.0. The van der Waals surface area contributed by atoms with Crippen molar-refractivity contribution in [3.63, 3.8) is 0 Å². The largest absolute Gasteiger partial charge is 0.378 e. The summed E-state index contributed by atoms with van der Waals surface area (Å²) in [5.41, 5.74) is 1.97. The van der Waals surface area contributed by atoms with Crippen molar-refractivity contribution in [2.45, 2.75) is 26.2 Å². The van der Waals surface area contributed by atoms with Crippen LogP contribution in [-0.4, -0.2) is 73.4 Å². The number of morpholine rings is 1. The first-order chi connectivity index (χ1) is 14.7. The van der Waals surface area contributed by atoms with Crippen molar-refractivity contribution in [1.29, 1.82) is 0 Å². The zero-order valence-corrected chi connectivity index (χ0v) is 17.7. The van der Waals surface area contributed by atoms with E-state index in [4.69, 9.17) is 9.26 Å². The quantitative estimate of drug-likeness (QED) is 0.698. The molecule has 0 bridgehead atoms. The second-order valence-corrected chi connectivity index (χ2v) is 8.23. The fourth-order valence-corrected chi connectivity index (χ4v) is 4.15. The van der Waals surface area contributed by atoms with Gasteiger partial charge in [0.25, 0.3) is 0 Å². The first-order valence-electron chi connectivity index (χ1n) is 11.0. The van der Waals surface area contributed by atoms with Gasteiger partial charge in [0, 0.05) is 37.4 Å². The Morgan fingerprint density at radius 2 is 2.00 bits per heavy atom. The van der Waals surface area contributed by atoms with E-state index in [1.807, 2.05) is 24.3 Å². The van der Waals surface area contributed by atoms with Crippen LogP contribution in [0.25, 0.3) is 11.4 Å². The Hall–Kier alpha value is -2.45. The number of carbonyl (C=O) groups excluding carboxylic acids is 1. The van der Waals surface area contributed by atoms with Crippen LogP contribution in [0.1, 0.15) is 36.9 Å². The summed E-state index contributed by atoms with van der Waals surface area (Å²) in [5, 5.41) is 6.86. The zero-order chi connectivity index (χ0) is 20.8. The van der Waals surface area contributed by atoms with Gasteiger partial charge in [0.1, 0.15) is 0 Å². The molecule has 8 nitrogen and oxygen atoms in total. The number of hydrogen-bond acceptors (Lipinski definition) is 7. The molecule has 2 saturated heterocycles. The normalized spacial score (nSPS) is 20.3. The van der Waals surface area contributed by atoms with Gasteiger partial charge in [-0.05, 0) is 62.5 Å². The minimum Gasteiger partial charge on any atom is -0.378 e. The number of ether oxygens (including phenoxy) is 1. The lowest BCUT2D eigenvalue weighted by Gasteiger charge is -2.30. The third-order valence-electron chi connectivity index (χ3n) is 5.80. The zero-order valence-electron chi connectivity index (χ0n) is 17.7. The van der Waals surface area contributed by atoms with E-state index in [0.717, 1.165) is 69.5 Å². The van der Waals surface area contributed by atoms with Crippen LogP contribution in [0.2, 0.25) is 0 Å². The SMILES string of the molecule is C[C@@H]1CCCN(CCCNC(=O)c2nc(-c3ccc(N4CCOCC4)cc3)no2)C1. The Bertz CT molecular complexity index is 816. The van der Waals surface area contributed by atoms with Crippen LogP contribution in [0.5, 0.6) is 0 Å². The van der Waals surface area contributed by atoms with Crippen molar-refractivity contribution in [3.8, 4) is 11.4 Å². The molecule has 2 fully saturated rings. The molecule has 0 aliphatic carbocycles. The highest BCUT2D eigenvalue weighted by Gasteiger charge is 2.18. The molecule has 4 rings (SSSR count). The van der Waals surface area contributed by atoms with E-state index in [1.165, 1.54) is 12.8 Å². The maximum atomic E-state index is 12.3. The molecular weight excluding hydrogens is 382 g/mol. The van der Waals surface area contributed by atoms with Crippen LogP contribution in [0.4, 0.5) is 5.69 Å². The van der Waals surface area contributed by atoms with E-state index in [1.54, 1.807) is 0 Å². The summed E-state index contributed by atoms with van der Waals surface area (Å²) in [6.07, 6.45) is 3.51. The number of hydrogen-bond donors (Lipinski definition) is 1. The summed E-state index contributed by atoms with van der Waals surface area (Å²) in [7, 11) is 0. The second-order valence-electron chi connectivity index (χ2n) is 8.23. The van der Waals surface area contributed by atoms with E-state index in [9.17, 15) is 4.79 Å². The summed E-state index contributed by atoms with van der Waals surface area (Å²) in [5.74, 6) is 0.892. The van der Waals surface area contributed by atoms with E-state index >= 15 is 0 Å². The predicted octanol–water partition coefficient (Wildman–Crippen LogP) is 2.43. The van der Waals surface area contributed by atoms with Gasteiger partial charge in [-0.2, -0.15) is 4.98 Å². The van der Waals surface area contributed by atoms with E-state index < -0.39 is 0 Å². The standard InChI is InChI=1S/C22H31N5O3/c1-17-4-2-10-26(16-17)11-3-9-23-21(28)22-24-20(25-30-22)18-5-7-19(8-6-18)27-12-14-29-15-13-27/h5-8,17H,2-4,9-16H2,1H3,(H,23,28)/t17-/m1/s1. The highest BCUT2D eigenvalue weighted by molar-refractivity contribution is 5.89. The molecule has 1 N–H and O–H groups in total. The number of benzene rings is 1. The molecule has 1 aromatic heterocycles. The molecule has 8 heteroatoms. The van der Waals surface area contributed by atoms with E-state index in [0.29, 0.717) is 12.4 Å². The number of rotatable bonds is 7. The van der Waals surface area contributed by atoms with Gasteiger partial charge in [0.15, 0.2) is 0 Å². The molecule has 0 unspecified atom stereocenters. The Balaban J connectivity index is 1.25. The fourth-order valence-electron chi connectivity index (χ4n) is 4.15. The average molecular weight is 414 g/mol. The Kier molecular flexibility index (Phi) is 6.96. The van der Waals surface area contributed by atoms with Crippen molar-refractivity contribution >= 4 is 11.6 Å². The number of carbonyl (C=O) groups is 1. The maximum absolute atomic E-state index is 12.3. The van der Waals surface area contributed by atoms with Gasteiger partial charge in [0.05, 0.1) is 13.2 Å². The number of anilines is 1. The minimum absolute atomic E-state index is 0.00819. The number of amides is 1. The number of likely N-dealkylation sites (tertiary alicyclic amines) is 1. The van der Waals surface area contributed by atoms with Gasteiger partial charge in [-0.3, -0.25) is 4.79 Å². The molecule has 1 atom stereocenters. The molecule has 2 aromatic rings. The Labute approximate surface area is 177 Å². The summed E-state index contributed by atoms with van der Waals surface area (Å²) < 4.78 is 10.6. The molecule has 0 radical (unpaired) electrons. The molecule has 30 heavy (non-hydrogen) atoms. The highest BCUT2D eigenvalue weighted by atomic mass is 16.5. The first kappa shape index (κ1) is 20.8. The lowest BCUT2D eigenvalue weighted by atomic mass is 10.0. The summed E-state index contributed by atoms with van der Waals surface area (Å²) in [6.45, 7) is 9.53. The van der Waals surface area contributed by atoms with Crippen LogP contribution in [-0.2, 0) is 4.74 Å². The summed E-state index contributed by atoms with van der Waals surface area (Å²) in [6, 6.07) is 7.99. The second kappa shape index (κ2) is 10.0. The summed E-state index contributed by atoms with van der Waals surface area (Å²) >= 11 is 0. The van der Waals surface area contributed by atoms with Crippen molar-refractivity contribution < 1.29 is 14.1 Å². The molecule has 3 heterocycles.